The molecule has 0 saturated heterocycles. The molecule has 0 aliphatic heterocycles. The highest BCUT2D eigenvalue weighted by molar-refractivity contribution is 5.83. The summed E-state index contributed by atoms with van der Waals surface area (Å²) in [4.78, 5) is 22.2. The van der Waals surface area contributed by atoms with Crippen LogP contribution < -0.4 is 5.32 Å². The number of methoxy groups -OCH3 is 1. The van der Waals surface area contributed by atoms with Crippen LogP contribution >= 0.6 is 0 Å². The molecule has 0 bridgehead atoms. The molecule has 0 heterocycles. The van der Waals surface area contributed by atoms with Crippen LogP contribution in [0.4, 0.5) is 4.79 Å². The van der Waals surface area contributed by atoms with Gasteiger partial charge < -0.3 is 14.8 Å². The van der Waals surface area contributed by atoms with Crippen LogP contribution in [0.25, 0.3) is 0 Å². The minimum atomic E-state index is -0.374. The van der Waals surface area contributed by atoms with Crippen molar-refractivity contribution >= 4 is 12.1 Å². The van der Waals surface area contributed by atoms with Crippen molar-refractivity contribution in [1.82, 2.24) is 5.32 Å². The number of carbonyl (C=O) groups is 2. The van der Waals surface area contributed by atoms with Gasteiger partial charge in [-0.15, -0.1) is 0 Å². The van der Waals surface area contributed by atoms with Crippen LogP contribution in [0.15, 0.2) is 11.6 Å². The minimum Gasteiger partial charge on any atom is -0.466 e. The van der Waals surface area contributed by atoms with Gasteiger partial charge in [0.05, 0.1) is 13.7 Å². The summed E-state index contributed by atoms with van der Waals surface area (Å²) in [5, 5.41) is 2.74. The fourth-order valence-electron chi connectivity index (χ4n) is 1.54. The second-order valence-corrected chi connectivity index (χ2v) is 4.06. The number of esters is 1. The van der Waals surface area contributed by atoms with Crippen molar-refractivity contribution in [3.8, 4) is 0 Å². The van der Waals surface area contributed by atoms with Crippen LogP contribution in [0.5, 0.6) is 0 Å². The third-order valence-electron chi connectivity index (χ3n) is 2.59. The quantitative estimate of drug-likeness (QED) is 0.452. The molecule has 0 aromatic rings. The number of unbranched alkanes of at least 4 members (excludes halogenated alkanes) is 1. The molecule has 0 aromatic carbocycles. The zero-order chi connectivity index (χ0) is 12.7. The molecule has 96 valence electrons. The molecule has 1 rings (SSSR count). The first-order chi connectivity index (χ1) is 8.15. The van der Waals surface area contributed by atoms with Gasteiger partial charge in [-0.1, -0.05) is 18.9 Å². The summed E-state index contributed by atoms with van der Waals surface area (Å²) in [7, 11) is 1.35. The van der Waals surface area contributed by atoms with E-state index in [1.54, 1.807) is 0 Å². The highest BCUT2D eigenvalue weighted by Crippen LogP contribution is 2.26. The molecule has 5 heteroatoms. The van der Waals surface area contributed by atoms with Gasteiger partial charge in [0.25, 0.3) is 0 Å². The lowest BCUT2D eigenvalue weighted by Crippen LogP contribution is -2.41. The molecule has 5 nitrogen and oxygen atoms in total. The number of hydrogen-bond acceptors (Lipinski definition) is 4. The summed E-state index contributed by atoms with van der Waals surface area (Å²) in [5.41, 5.74) is 0.996. The third kappa shape index (κ3) is 4.89. The van der Waals surface area contributed by atoms with Gasteiger partial charge in [0.2, 0.25) is 0 Å². The van der Waals surface area contributed by atoms with E-state index in [2.05, 4.69) is 10.1 Å². The molecular formula is C12H19NO4. The second-order valence-electron chi connectivity index (χ2n) is 4.06. The Hall–Kier alpha value is -1.52. The molecule has 0 radical (unpaired) electrons. The van der Waals surface area contributed by atoms with E-state index in [1.807, 2.05) is 6.92 Å². The summed E-state index contributed by atoms with van der Waals surface area (Å²) >= 11 is 0. The van der Waals surface area contributed by atoms with Crippen molar-refractivity contribution in [2.75, 3.05) is 13.7 Å². The zero-order valence-corrected chi connectivity index (χ0v) is 10.3. The van der Waals surface area contributed by atoms with Gasteiger partial charge in [-0.25, -0.2) is 9.59 Å². The van der Waals surface area contributed by atoms with E-state index in [9.17, 15) is 9.59 Å². The normalized spacial score (nSPS) is 18.0. The summed E-state index contributed by atoms with van der Waals surface area (Å²) in [6, 6.07) is 0.0834. The highest BCUT2D eigenvalue weighted by atomic mass is 16.5. The Kier molecular flexibility index (Phi) is 5.52. The molecule has 1 amide bonds. The van der Waals surface area contributed by atoms with Gasteiger partial charge in [0, 0.05) is 12.1 Å². The van der Waals surface area contributed by atoms with E-state index in [0.717, 1.165) is 18.4 Å². The Morgan fingerprint density at radius 3 is 2.76 bits per heavy atom. The van der Waals surface area contributed by atoms with Crippen molar-refractivity contribution in [1.29, 1.82) is 0 Å². The number of alkyl carbamates (subject to hydrolysis) is 1. The average Bonchev–Trinajstić information content (AvgIpc) is 2.26. The van der Waals surface area contributed by atoms with Gasteiger partial charge in [-0.3, -0.25) is 0 Å². The van der Waals surface area contributed by atoms with Crippen LogP contribution in [-0.4, -0.2) is 31.8 Å². The van der Waals surface area contributed by atoms with E-state index in [4.69, 9.17) is 4.74 Å². The van der Waals surface area contributed by atoms with Crippen LogP contribution in [-0.2, 0) is 14.3 Å². The fraction of sp³-hybridized carbons (Fsp3) is 0.667. The summed E-state index contributed by atoms with van der Waals surface area (Å²) in [6.07, 6.45) is 4.37. The predicted molar refractivity (Wildman–Crippen MR) is 62.5 cm³/mol. The topological polar surface area (TPSA) is 64.6 Å². The number of nitrogens with one attached hydrogen (secondary N) is 1. The second kappa shape index (κ2) is 6.93. The van der Waals surface area contributed by atoms with Crippen molar-refractivity contribution in [2.24, 2.45) is 0 Å². The van der Waals surface area contributed by atoms with Gasteiger partial charge >= 0.3 is 12.1 Å². The first-order valence-electron chi connectivity index (χ1n) is 5.86. The molecule has 1 fully saturated rings. The van der Waals surface area contributed by atoms with E-state index in [1.165, 1.54) is 13.2 Å². The Morgan fingerprint density at radius 2 is 2.18 bits per heavy atom. The van der Waals surface area contributed by atoms with Gasteiger partial charge in [0.15, 0.2) is 0 Å². The third-order valence-corrected chi connectivity index (χ3v) is 2.59. The Bertz CT molecular complexity index is 304. The maximum absolute atomic E-state index is 11.3. The largest absolute Gasteiger partial charge is 0.466 e. The van der Waals surface area contributed by atoms with E-state index in [-0.39, 0.29) is 18.1 Å². The summed E-state index contributed by atoms with van der Waals surface area (Å²) < 4.78 is 9.48. The standard InChI is InChI=1S/C12H19NO4/c1-3-4-5-17-12(15)13-10-6-9(7-10)8-11(14)16-2/h8,10H,3-7H2,1-2H3,(H,13,15). The molecule has 1 N–H and O–H groups in total. The number of ether oxygens (including phenoxy) is 2. The fourth-order valence-corrected chi connectivity index (χ4v) is 1.54. The Labute approximate surface area is 101 Å². The first-order valence-corrected chi connectivity index (χ1v) is 5.86. The van der Waals surface area contributed by atoms with Crippen molar-refractivity contribution in [2.45, 2.75) is 38.6 Å². The molecule has 17 heavy (non-hydrogen) atoms. The first kappa shape index (κ1) is 13.5. The van der Waals surface area contributed by atoms with E-state index in [0.29, 0.717) is 19.4 Å². The van der Waals surface area contributed by atoms with Crippen LogP contribution in [0.2, 0.25) is 0 Å². The molecular weight excluding hydrogens is 222 g/mol. The molecule has 0 atom stereocenters. The molecule has 1 saturated carbocycles. The van der Waals surface area contributed by atoms with Crippen molar-refractivity contribution in [3.05, 3.63) is 11.6 Å². The molecule has 0 unspecified atom stereocenters. The van der Waals surface area contributed by atoms with Crippen molar-refractivity contribution < 1.29 is 19.1 Å². The Morgan fingerprint density at radius 1 is 1.47 bits per heavy atom. The molecule has 0 spiro atoms. The van der Waals surface area contributed by atoms with Crippen molar-refractivity contribution in [3.63, 3.8) is 0 Å². The highest BCUT2D eigenvalue weighted by Gasteiger charge is 2.25. The predicted octanol–water partition coefficient (Wildman–Crippen LogP) is 1.77. The maximum atomic E-state index is 11.3. The van der Waals surface area contributed by atoms with Crippen LogP contribution in [0.3, 0.4) is 0 Å². The number of rotatable bonds is 5. The molecule has 0 aromatic heterocycles. The SMILES string of the molecule is CCCCOC(=O)NC1CC(=CC(=O)OC)C1. The van der Waals surface area contributed by atoms with Gasteiger partial charge in [0.1, 0.15) is 0 Å². The average molecular weight is 241 g/mol. The van der Waals surface area contributed by atoms with E-state index < -0.39 is 0 Å². The number of hydrogen-bond donors (Lipinski definition) is 1. The lowest BCUT2D eigenvalue weighted by Gasteiger charge is -2.29. The smallest absolute Gasteiger partial charge is 0.407 e. The molecule has 1 aliphatic carbocycles. The monoisotopic (exact) mass is 241 g/mol. The van der Waals surface area contributed by atoms with Crippen LogP contribution in [0.1, 0.15) is 32.6 Å². The summed E-state index contributed by atoms with van der Waals surface area (Å²) in [5.74, 6) is -0.344. The number of amides is 1. The van der Waals surface area contributed by atoms with E-state index >= 15 is 0 Å². The minimum absolute atomic E-state index is 0.0834. The van der Waals surface area contributed by atoms with Gasteiger partial charge in [-0.2, -0.15) is 0 Å². The number of carbonyl (C=O) groups excluding carboxylic acids is 2. The molecule has 1 aliphatic rings. The summed E-state index contributed by atoms with van der Waals surface area (Å²) in [6.45, 7) is 2.50. The zero-order valence-electron chi connectivity index (χ0n) is 10.3. The maximum Gasteiger partial charge on any atom is 0.407 e. The lowest BCUT2D eigenvalue weighted by atomic mass is 9.86. The van der Waals surface area contributed by atoms with Crippen LogP contribution in [0, 0.1) is 0 Å². The lowest BCUT2D eigenvalue weighted by molar-refractivity contribution is -0.134. The Balaban J connectivity index is 2.14. The van der Waals surface area contributed by atoms with Gasteiger partial charge in [-0.05, 0) is 19.3 Å².